The summed E-state index contributed by atoms with van der Waals surface area (Å²) < 4.78 is 38.6. The van der Waals surface area contributed by atoms with Gasteiger partial charge < -0.3 is 0 Å². The molecule has 0 aliphatic carbocycles. The van der Waals surface area contributed by atoms with Crippen LogP contribution in [0, 0.1) is 0 Å². The summed E-state index contributed by atoms with van der Waals surface area (Å²) in [6, 6.07) is 6.03. The van der Waals surface area contributed by atoms with Crippen molar-refractivity contribution in [3.8, 4) is 11.3 Å². The molecular formula is C13H8F3N3. The molecule has 6 heteroatoms. The van der Waals surface area contributed by atoms with Gasteiger partial charge in [0.2, 0.25) is 5.54 Å². The maximum atomic E-state index is 12.9. The summed E-state index contributed by atoms with van der Waals surface area (Å²) in [6.07, 6.45) is 1.16. The van der Waals surface area contributed by atoms with Crippen LogP contribution in [-0.4, -0.2) is 22.4 Å². The second-order valence-corrected chi connectivity index (χ2v) is 4.19. The molecule has 0 saturated heterocycles. The number of aliphatic imine (C=N–C) groups is 1. The fourth-order valence-electron chi connectivity index (χ4n) is 1.87. The summed E-state index contributed by atoms with van der Waals surface area (Å²) in [7, 11) is 0. The summed E-state index contributed by atoms with van der Waals surface area (Å²) in [6.45, 7) is 0. The molecule has 0 amide bonds. The number of hydrogen-bond acceptors (Lipinski definition) is 3. The van der Waals surface area contributed by atoms with Crippen LogP contribution in [0.15, 0.2) is 47.8 Å². The Kier molecular flexibility index (Phi) is 2.41. The van der Waals surface area contributed by atoms with E-state index in [0.29, 0.717) is 5.69 Å². The molecule has 19 heavy (non-hydrogen) atoms. The van der Waals surface area contributed by atoms with Crippen LogP contribution < -0.4 is 0 Å². The predicted octanol–water partition coefficient (Wildman–Crippen LogP) is 2.99. The van der Waals surface area contributed by atoms with E-state index in [9.17, 15) is 13.2 Å². The maximum absolute atomic E-state index is 12.9. The highest BCUT2D eigenvalue weighted by Crippen LogP contribution is 2.48. The molecule has 1 aromatic carbocycles. The summed E-state index contributed by atoms with van der Waals surface area (Å²) >= 11 is 0. The third kappa shape index (κ3) is 1.89. The van der Waals surface area contributed by atoms with Crippen LogP contribution in [0.3, 0.4) is 0 Å². The summed E-state index contributed by atoms with van der Waals surface area (Å²) in [5.41, 5.74) is -0.664. The van der Waals surface area contributed by atoms with Gasteiger partial charge in [0, 0.05) is 24.2 Å². The first-order valence-electron chi connectivity index (χ1n) is 5.53. The molecule has 1 aromatic heterocycles. The van der Waals surface area contributed by atoms with Crippen LogP contribution in [0.25, 0.3) is 11.3 Å². The van der Waals surface area contributed by atoms with E-state index in [2.05, 4.69) is 15.0 Å². The van der Waals surface area contributed by atoms with Gasteiger partial charge >= 0.3 is 6.18 Å². The first-order chi connectivity index (χ1) is 9.03. The minimum Gasteiger partial charge on any atom is -0.267 e. The Labute approximate surface area is 106 Å². The SMILES string of the molecule is FC(F)(F)C1(c2ccc(-c3cnccn3)cc2)C=N1. The highest BCUT2D eigenvalue weighted by atomic mass is 19.4. The number of rotatable bonds is 2. The highest BCUT2D eigenvalue weighted by Gasteiger charge is 2.61. The standard InChI is InChI=1S/C13H8F3N3/c14-13(15,16)12(8-19-12)10-3-1-9(2-4-10)11-7-17-5-6-18-11/h1-8H. The summed E-state index contributed by atoms with van der Waals surface area (Å²) in [4.78, 5) is 11.4. The number of halogens is 3. The molecule has 1 unspecified atom stereocenters. The van der Waals surface area contributed by atoms with Gasteiger partial charge in [-0.05, 0) is 5.56 Å². The van der Waals surface area contributed by atoms with E-state index in [1.54, 1.807) is 18.3 Å². The van der Waals surface area contributed by atoms with Crippen molar-refractivity contribution in [3.05, 3.63) is 48.4 Å². The van der Waals surface area contributed by atoms with Crippen molar-refractivity contribution in [2.75, 3.05) is 0 Å². The highest BCUT2D eigenvalue weighted by molar-refractivity contribution is 5.87. The molecule has 1 aliphatic heterocycles. The van der Waals surface area contributed by atoms with E-state index in [1.807, 2.05) is 0 Å². The van der Waals surface area contributed by atoms with E-state index in [4.69, 9.17) is 0 Å². The average Bonchev–Trinajstić information content (AvgIpc) is 3.21. The Morgan fingerprint density at radius 1 is 1.00 bits per heavy atom. The van der Waals surface area contributed by atoms with Crippen LogP contribution >= 0.6 is 0 Å². The average molecular weight is 263 g/mol. The normalized spacial score (nSPS) is 21.4. The Bertz CT molecular complexity index is 612. The lowest BCUT2D eigenvalue weighted by Gasteiger charge is -2.17. The molecule has 2 heterocycles. The van der Waals surface area contributed by atoms with Crippen molar-refractivity contribution in [3.63, 3.8) is 0 Å². The number of hydrogen-bond donors (Lipinski definition) is 0. The first-order valence-corrected chi connectivity index (χ1v) is 5.53. The second-order valence-electron chi connectivity index (χ2n) is 4.19. The van der Waals surface area contributed by atoms with Crippen LogP contribution in [0.2, 0.25) is 0 Å². The molecule has 3 nitrogen and oxygen atoms in total. The van der Waals surface area contributed by atoms with E-state index >= 15 is 0 Å². The molecule has 96 valence electrons. The minimum absolute atomic E-state index is 0.118. The molecule has 2 aromatic rings. The van der Waals surface area contributed by atoms with Crippen LogP contribution in [0.1, 0.15) is 5.56 Å². The summed E-state index contributed by atoms with van der Waals surface area (Å²) in [5, 5.41) is 0. The van der Waals surface area contributed by atoms with Crippen molar-refractivity contribution < 1.29 is 13.2 Å². The lowest BCUT2D eigenvalue weighted by molar-refractivity contribution is -0.156. The molecular weight excluding hydrogens is 255 g/mol. The third-order valence-electron chi connectivity index (χ3n) is 3.00. The van der Waals surface area contributed by atoms with Gasteiger partial charge in [-0.1, -0.05) is 24.3 Å². The first kappa shape index (κ1) is 11.8. The third-order valence-corrected chi connectivity index (χ3v) is 3.00. The Hall–Kier alpha value is -2.24. The number of nitrogens with zero attached hydrogens (tertiary/aromatic N) is 3. The second kappa shape index (κ2) is 3.88. The van der Waals surface area contributed by atoms with Crippen LogP contribution in [0.5, 0.6) is 0 Å². The quantitative estimate of drug-likeness (QED) is 0.835. The van der Waals surface area contributed by atoms with E-state index < -0.39 is 11.7 Å². The zero-order valence-electron chi connectivity index (χ0n) is 9.59. The lowest BCUT2D eigenvalue weighted by Crippen LogP contribution is -2.31. The zero-order chi connectivity index (χ0) is 13.5. The van der Waals surface area contributed by atoms with Gasteiger partial charge in [0.15, 0.2) is 0 Å². The predicted molar refractivity (Wildman–Crippen MR) is 63.7 cm³/mol. The van der Waals surface area contributed by atoms with Crippen molar-refractivity contribution in [1.29, 1.82) is 0 Å². The van der Waals surface area contributed by atoms with Crippen LogP contribution in [-0.2, 0) is 5.54 Å². The largest absolute Gasteiger partial charge is 0.422 e. The Morgan fingerprint density at radius 3 is 2.16 bits per heavy atom. The van der Waals surface area contributed by atoms with Crippen molar-refractivity contribution in [2.24, 2.45) is 4.99 Å². The number of alkyl halides is 3. The van der Waals surface area contributed by atoms with Crippen LogP contribution in [0.4, 0.5) is 13.2 Å². The molecule has 0 spiro atoms. The fraction of sp³-hybridized carbons (Fsp3) is 0.154. The van der Waals surface area contributed by atoms with Gasteiger partial charge in [-0.3, -0.25) is 15.0 Å². The maximum Gasteiger partial charge on any atom is 0.422 e. The van der Waals surface area contributed by atoms with Gasteiger partial charge in [-0.2, -0.15) is 13.2 Å². The number of aromatic nitrogens is 2. The van der Waals surface area contributed by atoms with E-state index in [0.717, 1.165) is 11.8 Å². The molecule has 1 aliphatic rings. The number of benzene rings is 1. The Balaban J connectivity index is 1.93. The van der Waals surface area contributed by atoms with Gasteiger partial charge in [0.05, 0.1) is 11.9 Å². The Morgan fingerprint density at radius 2 is 1.68 bits per heavy atom. The van der Waals surface area contributed by atoms with Gasteiger partial charge in [0.1, 0.15) is 0 Å². The zero-order valence-corrected chi connectivity index (χ0v) is 9.59. The van der Waals surface area contributed by atoms with Crippen molar-refractivity contribution in [2.45, 2.75) is 11.7 Å². The lowest BCUT2D eigenvalue weighted by atomic mass is 9.96. The topological polar surface area (TPSA) is 38.1 Å². The molecule has 0 N–H and O–H groups in total. The van der Waals surface area contributed by atoms with E-state index in [-0.39, 0.29) is 5.56 Å². The van der Waals surface area contributed by atoms with Crippen molar-refractivity contribution in [1.82, 2.24) is 9.97 Å². The monoisotopic (exact) mass is 263 g/mol. The van der Waals surface area contributed by atoms with Gasteiger partial charge in [-0.15, -0.1) is 0 Å². The van der Waals surface area contributed by atoms with Gasteiger partial charge in [0.25, 0.3) is 0 Å². The smallest absolute Gasteiger partial charge is 0.267 e. The fourth-order valence-corrected chi connectivity index (χ4v) is 1.87. The summed E-state index contributed by atoms with van der Waals surface area (Å²) in [5.74, 6) is 0. The molecule has 0 saturated carbocycles. The molecule has 0 fully saturated rings. The molecule has 0 radical (unpaired) electrons. The van der Waals surface area contributed by atoms with E-state index in [1.165, 1.54) is 24.5 Å². The minimum atomic E-state index is -4.39. The van der Waals surface area contributed by atoms with Gasteiger partial charge in [-0.25, -0.2) is 0 Å². The molecule has 1 atom stereocenters. The molecule has 3 rings (SSSR count). The molecule has 0 bridgehead atoms. The van der Waals surface area contributed by atoms with Crippen molar-refractivity contribution >= 4 is 6.21 Å².